The summed E-state index contributed by atoms with van der Waals surface area (Å²) in [4.78, 5) is 55.0. The topological polar surface area (TPSA) is 99.2 Å². The van der Waals surface area contributed by atoms with Crippen LogP contribution in [0.25, 0.3) is 11.2 Å². The lowest BCUT2D eigenvalue weighted by atomic mass is 10.1. The number of aromatic nitrogens is 4. The van der Waals surface area contributed by atoms with E-state index in [1.54, 1.807) is 29.2 Å². The minimum absolute atomic E-state index is 0.0501. The zero-order chi connectivity index (χ0) is 20.9. The number of hydrogen-bond acceptors (Lipinski definition) is 5. The lowest BCUT2D eigenvalue weighted by Gasteiger charge is -2.15. The Morgan fingerprint density at radius 2 is 1.79 bits per heavy atom. The van der Waals surface area contributed by atoms with E-state index in [9.17, 15) is 19.2 Å². The molecular weight excluding hydrogens is 398 g/mol. The van der Waals surface area contributed by atoms with Gasteiger partial charge < -0.3 is 9.47 Å². The lowest BCUT2D eigenvalue weighted by molar-refractivity contribution is -0.117. The van der Waals surface area contributed by atoms with Crippen LogP contribution in [0.2, 0.25) is 5.28 Å². The van der Waals surface area contributed by atoms with Crippen LogP contribution in [0.5, 0.6) is 0 Å². The van der Waals surface area contributed by atoms with Crippen LogP contribution < -0.4 is 16.1 Å². The van der Waals surface area contributed by atoms with Crippen LogP contribution in [0.15, 0.2) is 33.9 Å². The van der Waals surface area contributed by atoms with Crippen molar-refractivity contribution in [1.29, 1.82) is 0 Å². The summed E-state index contributed by atoms with van der Waals surface area (Å²) in [5.74, 6) is -0.205. The van der Waals surface area contributed by atoms with Crippen LogP contribution in [0.4, 0.5) is 5.69 Å². The van der Waals surface area contributed by atoms with Crippen molar-refractivity contribution in [2.75, 3.05) is 11.4 Å². The first-order valence-corrected chi connectivity index (χ1v) is 9.42. The van der Waals surface area contributed by atoms with E-state index in [0.717, 1.165) is 16.7 Å². The molecule has 0 spiro atoms. The number of amides is 1. The van der Waals surface area contributed by atoms with Crippen molar-refractivity contribution < 1.29 is 9.59 Å². The number of aryl methyl sites for hydroxylation is 1. The van der Waals surface area contributed by atoms with Crippen molar-refractivity contribution in [3.05, 3.63) is 56.0 Å². The number of ketones is 1. The van der Waals surface area contributed by atoms with E-state index in [1.807, 2.05) is 0 Å². The average molecular weight is 416 g/mol. The molecule has 1 aromatic carbocycles. The molecule has 9 nitrogen and oxygen atoms in total. The zero-order valence-electron chi connectivity index (χ0n) is 15.9. The average Bonchev–Trinajstić information content (AvgIpc) is 3.28. The van der Waals surface area contributed by atoms with Gasteiger partial charge in [0.2, 0.25) is 11.2 Å². The Bertz CT molecular complexity index is 1270. The van der Waals surface area contributed by atoms with Crippen LogP contribution in [0.1, 0.15) is 23.2 Å². The molecule has 2 aromatic heterocycles. The molecule has 3 heterocycles. The van der Waals surface area contributed by atoms with Gasteiger partial charge in [-0.2, -0.15) is 4.98 Å². The van der Waals surface area contributed by atoms with Crippen LogP contribution in [0.3, 0.4) is 0 Å². The molecule has 4 rings (SSSR count). The molecule has 0 aliphatic carbocycles. The van der Waals surface area contributed by atoms with E-state index >= 15 is 0 Å². The Hall–Kier alpha value is -3.20. The third kappa shape index (κ3) is 3.07. The Morgan fingerprint density at radius 1 is 1.10 bits per heavy atom. The number of hydrogen-bond donors (Lipinski definition) is 0. The van der Waals surface area contributed by atoms with Crippen LogP contribution in [0, 0.1) is 0 Å². The van der Waals surface area contributed by atoms with Gasteiger partial charge in [0.05, 0.1) is 6.54 Å². The van der Waals surface area contributed by atoms with Gasteiger partial charge in [0.15, 0.2) is 16.9 Å². The molecule has 1 aliphatic rings. The Morgan fingerprint density at radius 3 is 2.41 bits per heavy atom. The second-order valence-electron chi connectivity index (χ2n) is 6.96. The highest BCUT2D eigenvalue weighted by atomic mass is 35.5. The van der Waals surface area contributed by atoms with Gasteiger partial charge in [-0.25, -0.2) is 4.79 Å². The number of carbonyl (C=O) groups excluding carboxylic acids is 2. The number of nitrogens with zero attached hydrogens (tertiary/aromatic N) is 5. The molecule has 0 bridgehead atoms. The van der Waals surface area contributed by atoms with Crippen LogP contribution in [-0.2, 0) is 25.4 Å². The quantitative estimate of drug-likeness (QED) is 0.469. The van der Waals surface area contributed by atoms with Gasteiger partial charge in [-0.15, -0.1) is 0 Å². The fourth-order valence-electron chi connectivity index (χ4n) is 3.55. The van der Waals surface area contributed by atoms with Crippen LogP contribution >= 0.6 is 11.6 Å². The van der Waals surface area contributed by atoms with Gasteiger partial charge in [0.1, 0.15) is 0 Å². The number of halogens is 1. The standard InChI is InChI=1S/C19H18ClN5O4/c1-22-16-15(17(28)23(2)19(22)29)25(18(20)21-16)10-13(26)11-5-7-12(8-6-11)24-9-3-4-14(24)27/h5-8H,3-4,9-10H2,1-2H3. The number of rotatable bonds is 4. The predicted molar refractivity (Wildman–Crippen MR) is 108 cm³/mol. The highest BCUT2D eigenvalue weighted by Gasteiger charge is 2.23. The first-order chi connectivity index (χ1) is 13.8. The van der Waals surface area contributed by atoms with E-state index in [-0.39, 0.29) is 34.7 Å². The minimum Gasteiger partial charge on any atom is -0.312 e. The summed E-state index contributed by atoms with van der Waals surface area (Å²) < 4.78 is 3.47. The SMILES string of the molecule is Cn1c(=O)c2c(nc(Cl)n2CC(=O)c2ccc(N3CCCC3=O)cc2)n(C)c1=O. The first kappa shape index (κ1) is 19.1. The summed E-state index contributed by atoms with van der Waals surface area (Å²) in [7, 11) is 2.84. The maximum absolute atomic E-state index is 12.8. The van der Waals surface area contributed by atoms with E-state index in [4.69, 9.17) is 11.6 Å². The molecule has 150 valence electrons. The normalized spacial score (nSPS) is 14.2. The molecule has 0 unspecified atom stereocenters. The molecule has 0 radical (unpaired) electrons. The van der Waals surface area contributed by atoms with Crippen molar-refractivity contribution in [2.45, 2.75) is 19.4 Å². The Labute approximate surface area is 169 Å². The summed E-state index contributed by atoms with van der Waals surface area (Å²) >= 11 is 6.17. The summed E-state index contributed by atoms with van der Waals surface area (Å²) in [5, 5.41) is -0.0501. The molecule has 10 heteroatoms. The third-order valence-corrected chi connectivity index (χ3v) is 5.47. The first-order valence-electron chi connectivity index (χ1n) is 9.05. The molecule has 1 aliphatic heterocycles. The van der Waals surface area contributed by atoms with Crippen molar-refractivity contribution >= 4 is 40.1 Å². The summed E-state index contributed by atoms with van der Waals surface area (Å²) in [6.07, 6.45) is 1.35. The van der Waals surface area contributed by atoms with E-state index in [0.29, 0.717) is 18.5 Å². The molecule has 29 heavy (non-hydrogen) atoms. The summed E-state index contributed by atoms with van der Waals surface area (Å²) in [5.41, 5.74) is 0.283. The largest absolute Gasteiger partial charge is 0.332 e. The molecule has 1 fully saturated rings. The zero-order valence-corrected chi connectivity index (χ0v) is 16.6. The number of benzene rings is 1. The Kier molecular flexibility index (Phi) is 4.62. The Balaban J connectivity index is 1.68. The van der Waals surface area contributed by atoms with Crippen molar-refractivity contribution in [2.24, 2.45) is 14.1 Å². The summed E-state index contributed by atoms with van der Waals surface area (Å²) in [6, 6.07) is 6.74. The number of anilines is 1. The highest BCUT2D eigenvalue weighted by Crippen LogP contribution is 2.22. The van der Waals surface area contributed by atoms with E-state index in [1.165, 1.54) is 23.2 Å². The molecule has 1 saturated heterocycles. The van der Waals surface area contributed by atoms with Crippen molar-refractivity contribution in [3.63, 3.8) is 0 Å². The maximum atomic E-state index is 12.8. The molecule has 1 amide bonds. The lowest BCUT2D eigenvalue weighted by Crippen LogP contribution is -2.37. The molecule has 0 atom stereocenters. The number of carbonyl (C=O) groups is 2. The van der Waals surface area contributed by atoms with Gasteiger partial charge in [-0.3, -0.25) is 23.5 Å². The number of imidazole rings is 1. The number of Topliss-reactive ketones (excluding diaryl/α,β-unsaturated/α-hetero) is 1. The third-order valence-electron chi connectivity index (χ3n) is 5.18. The molecule has 0 N–H and O–H groups in total. The molecular formula is C19H18ClN5O4. The van der Waals surface area contributed by atoms with Crippen molar-refractivity contribution in [1.82, 2.24) is 18.7 Å². The van der Waals surface area contributed by atoms with Crippen LogP contribution in [-0.4, -0.2) is 36.9 Å². The van der Waals surface area contributed by atoms with Crippen molar-refractivity contribution in [3.8, 4) is 0 Å². The second-order valence-corrected chi connectivity index (χ2v) is 7.30. The van der Waals surface area contributed by atoms with E-state index < -0.39 is 11.2 Å². The molecule has 3 aromatic rings. The van der Waals surface area contributed by atoms with Gasteiger partial charge >= 0.3 is 5.69 Å². The maximum Gasteiger partial charge on any atom is 0.332 e. The van der Waals surface area contributed by atoms with Gasteiger partial charge in [0.25, 0.3) is 5.56 Å². The van der Waals surface area contributed by atoms with Gasteiger partial charge in [0, 0.05) is 38.3 Å². The smallest absolute Gasteiger partial charge is 0.312 e. The highest BCUT2D eigenvalue weighted by molar-refractivity contribution is 6.29. The van der Waals surface area contributed by atoms with E-state index in [2.05, 4.69) is 4.98 Å². The summed E-state index contributed by atoms with van der Waals surface area (Å²) in [6.45, 7) is 0.468. The van der Waals surface area contributed by atoms with Gasteiger partial charge in [-0.05, 0) is 42.3 Å². The fraction of sp³-hybridized carbons (Fsp3) is 0.316. The monoisotopic (exact) mass is 415 g/mol. The number of fused-ring (bicyclic) bond motifs is 1. The fourth-order valence-corrected chi connectivity index (χ4v) is 3.77. The predicted octanol–water partition coefficient (Wildman–Crippen LogP) is 1.10. The molecule has 0 saturated carbocycles. The second kappa shape index (κ2) is 7.00. The van der Waals surface area contributed by atoms with Gasteiger partial charge in [-0.1, -0.05) is 0 Å². The minimum atomic E-state index is -0.571.